The highest BCUT2D eigenvalue weighted by molar-refractivity contribution is 5.45. The molecule has 0 fully saturated rings. The molecule has 0 atom stereocenters. The van der Waals surface area contributed by atoms with E-state index >= 15 is 0 Å². The van der Waals surface area contributed by atoms with Crippen molar-refractivity contribution in [3.8, 4) is 17.9 Å². The Morgan fingerprint density at radius 3 is 1.59 bits per heavy atom. The quantitative estimate of drug-likeness (QED) is 0.621. The Labute approximate surface area is 101 Å². The fourth-order valence-electron chi connectivity index (χ4n) is 1.41. The molecule has 0 amide bonds. The van der Waals surface area contributed by atoms with Gasteiger partial charge in [0.15, 0.2) is 0 Å². The monoisotopic (exact) mass is 217 g/mol. The van der Waals surface area contributed by atoms with Crippen LogP contribution in [0.2, 0.25) is 0 Å². The molecule has 0 aliphatic rings. The maximum absolute atomic E-state index is 8.68. The molecule has 0 unspecified atom stereocenters. The van der Waals surface area contributed by atoms with E-state index in [9.17, 15) is 0 Å². The van der Waals surface area contributed by atoms with E-state index in [1.54, 1.807) is 12.1 Å². The molecule has 17 heavy (non-hydrogen) atoms. The van der Waals surface area contributed by atoms with Gasteiger partial charge in [0.25, 0.3) is 0 Å². The molecule has 0 aliphatic heterocycles. The van der Waals surface area contributed by atoms with Crippen LogP contribution in [0, 0.1) is 30.1 Å². The van der Waals surface area contributed by atoms with Crippen molar-refractivity contribution in [3.63, 3.8) is 0 Å². The zero-order chi connectivity index (χ0) is 12.1. The number of rotatable bonds is 0. The van der Waals surface area contributed by atoms with Gasteiger partial charge in [0.05, 0.1) is 11.6 Å². The molecule has 0 saturated heterocycles. The second-order valence-corrected chi connectivity index (χ2v) is 3.81. The number of benzene rings is 2. The minimum atomic E-state index is 0.658. The zero-order valence-corrected chi connectivity index (χ0v) is 9.57. The summed E-state index contributed by atoms with van der Waals surface area (Å²) in [4.78, 5) is 0. The first-order valence-corrected chi connectivity index (χ1v) is 5.37. The predicted molar refractivity (Wildman–Crippen MR) is 68.3 cm³/mol. The molecular weight excluding hydrogens is 206 g/mol. The SMILES string of the molecule is Cc1ccc(C#Cc2ccc(C#N)cc2)cc1. The Kier molecular flexibility index (Phi) is 3.24. The molecule has 2 aromatic carbocycles. The van der Waals surface area contributed by atoms with Crippen molar-refractivity contribution in [1.82, 2.24) is 0 Å². The highest BCUT2D eigenvalue weighted by Crippen LogP contribution is 2.04. The summed E-state index contributed by atoms with van der Waals surface area (Å²) < 4.78 is 0. The van der Waals surface area contributed by atoms with Crippen molar-refractivity contribution < 1.29 is 0 Å². The molecule has 0 saturated carbocycles. The lowest BCUT2D eigenvalue weighted by atomic mass is 10.1. The van der Waals surface area contributed by atoms with E-state index in [0.717, 1.165) is 11.1 Å². The van der Waals surface area contributed by atoms with Crippen LogP contribution in [0.5, 0.6) is 0 Å². The van der Waals surface area contributed by atoms with E-state index in [2.05, 4.69) is 24.8 Å². The van der Waals surface area contributed by atoms with Crippen LogP contribution in [-0.4, -0.2) is 0 Å². The summed E-state index contributed by atoms with van der Waals surface area (Å²) in [5.41, 5.74) is 3.81. The largest absolute Gasteiger partial charge is 0.192 e. The Balaban J connectivity index is 2.21. The van der Waals surface area contributed by atoms with Crippen LogP contribution < -0.4 is 0 Å². The van der Waals surface area contributed by atoms with E-state index in [0.29, 0.717) is 5.56 Å². The Bertz CT molecular complexity index is 602. The van der Waals surface area contributed by atoms with Crippen LogP contribution in [0.1, 0.15) is 22.3 Å². The number of hydrogen-bond acceptors (Lipinski definition) is 1. The predicted octanol–water partition coefficient (Wildman–Crippen LogP) is 3.27. The number of nitrogens with zero attached hydrogens (tertiary/aromatic N) is 1. The maximum Gasteiger partial charge on any atom is 0.0991 e. The van der Waals surface area contributed by atoms with Gasteiger partial charge in [-0.25, -0.2) is 0 Å². The molecule has 80 valence electrons. The van der Waals surface area contributed by atoms with Gasteiger partial charge in [-0.3, -0.25) is 0 Å². The first kappa shape index (κ1) is 11.0. The first-order valence-electron chi connectivity index (χ1n) is 5.37. The van der Waals surface area contributed by atoms with Crippen molar-refractivity contribution in [2.75, 3.05) is 0 Å². The summed E-state index contributed by atoms with van der Waals surface area (Å²) >= 11 is 0. The van der Waals surface area contributed by atoms with Crippen molar-refractivity contribution in [2.24, 2.45) is 0 Å². The third-order valence-corrected chi connectivity index (χ3v) is 2.42. The van der Waals surface area contributed by atoms with Crippen LogP contribution in [0.4, 0.5) is 0 Å². The van der Waals surface area contributed by atoms with Crippen molar-refractivity contribution >= 4 is 0 Å². The smallest absolute Gasteiger partial charge is 0.0991 e. The van der Waals surface area contributed by atoms with Gasteiger partial charge in [-0.05, 0) is 43.3 Å². The van der Waals surface area contributed by atoms with Gasteiger partial charge in [0, 0.05) is 11.1 Å². The molecule has 0 heterocycles. The van der Waals surface area contributed by atoms with Crippen LogP contribution >= 0.6 is 0 Å². The first-order chi connectivity index (χ1) is 8.28. The molecule has 0 aromatic heterocycles. The summed E-state index contributed by atoms with van der Waals surface area (Å²) in [6, 6.07) is 17.5. The standard InChI is InChI=1S/C16H11N/c1-13-2-4-14(5-3-13)6-7-15-8-10-16(12-17)11-9-15/h2-5,8-11H,1H3. The number of hydrogen-bond donors (Lipinski definition) is 0. The fraction of sp³-hybridized carbons (Fsp3) is 0.0625. The Hall–Kier alpha value is -2.51. The molecule has 1 heteroatoms. The van der Waals surface area contributed by atoms with Gasteiger partial charge in [0.1, 0.15) is 0 Å². The van der Waals surface area contributed by atoms with Crippen LogP contribution in [0.25, 0.3) is 0 Å². The minimum Gasteiger partial charge on any atom is -0.192 e. The van der Waals surface area contributed by atoms with Gasteiger partial charge in [-0.2, -0.15) is 5.26 Å². The third kappa shape index (κ3) is 2.97. The van der Waals surface area contributed by atoms with Gasteiger partial charge >= 0.3 is 0 Å². The average Bonchev–Trinajstić information content (AvgIpc) is 2.39. The lowest BCUT2D eigenvalue weighted by molar-refractivity contribution is 1.46. The lowest BCUT2D eigenvalue weighted by Crippen LogP contribution is -1.78. The van der Waals surface area contributed by atoms with E-state index in [1.807, 2.05) is 36.4 Å². The topological polar surface area (TPSA) is 23.8 Å². The molecule has 2 rings (SSSR count). The molecule has 0 N–H and O–H groups in total. The summed E-state index contributed by atoms with van der Waals surface area (Å²) in [5.74, 6) is 6.17. The van der Waals surface area contributed by atoms with Crippen LogP contribution in [0.15, 0.2) is 48.5 Å². The summed E-state index contributed by atoms with van der Waals surface area (Å²) in [5, 5.41) is 8.68. The van der Waals surface area contributed by atoms with E-state index in [1.165, 1.54) is 5.56 Å². The average molecular weight is 217 g/mol. The second-order valence-electron chi connectivity index (χ2n) is 3.81. The third-order valence-electron chi connectivity index (χ3n) is 2.42. The van der Waals surface area contributed by atoms with E-state index in [4.69, 9.17) is 5.26 Å². The number of aryl methyl sites for hydroxylation is 1. The summed E-state index contributed by atoms with van der Waals surface area (Å²) in [6.45, 7) is 2.05. The van der Waals surface area contributed by atoms with E-state index in [-0.39, 0.29) is 0 Å². The van der Waals surface area contributed by atoms with Gasteiger partial charge < -0.3 is 0 Å². The maximum atomic E-state index is 8.68. The zero-order valence-electron chi connectivity index (χ0n) is 9.57. The van der Waals surface area contributed by atoms with Crippen molar-refractivity contribution in [3.05, 3.63) is 70.8 Å². The highest BCUT2D eigenvalue weighted by atomic mass is 14.2. The minimum absolute atomic E-state index is 0.658. The Morgan fingerprint density at radius 1 is 0.706 bits per heavy atom. The van der Waals surface area contributed by atoms with E-state index < -0.39 is 0 Å². The molecule has 0 radical (unpaired) electrons. The second kappa shape index (κ2) is 5.01. The Morgan fingerprint density at radius 2 is 1.12 bits per heavy atom. The van der Waals surface area contributed by atoms with Crippen LogP contribution in [-0.2, 0) is 0 Å². The lowest BCUT2D eigenvalue weighted by Gasteiger charge is -1.92. The summed E-state index contributed by atoms with van der Waals surface area (Å²) in [7, 11) is 0. The van der Waals surface area contributed by atoms with Gasteiger partial charge in [-0.15, -0.1) is 0 Å². The van der Waals surface area contributed by atoms with Gasteiger partial charge in [0.2, 0.25) is 0 Å². The molecular formula is C16H11N. The number of nitriles is 1. The fourth-order valence-corrected chi connectivity index (χ4v) is 1.41. The van der Waals surface area contributed by atoms with Gasteiger partial charge in [-0.1, -0.05) is 29.5 Å². The normalized spacial score (nSPS) is 8.94. The molecule has 0 bridgehead atoms. The molecule has 2 aromatic rings. The van der Waals surface area contributed by atoms with Crippen molar-refractivity contribution in [2.45, 2.75) is 6.92 Å². The molecule has 0 spiro atoms. The molecule has 0 aliphatic carbocycles. The summed E-state index contributed by atoms with van der Waals surface area (Å²) in [6.07, 6.45) is 0. The van der Waals surface area contributed by atoms with Crippen LogP contribution in [0.3, 0.4) is 0 Å². The molecule has 1 nitrogen and oxygen atoms in total. The highest BCUT2D eigenvalue weighted by Gasteiger charge is 1.90. The van der Waals surface area contributed by atoms with Crippen molar-refractivity contribution in [1.29, 1.82) is 5.26 Å².